The molecule has 9 heteroatoms. The summed E-state index contributed by atoms with van der Waals surface area (Å²) in [6.07, 6.45) is 0. The van der Waals surface area contributed by atoms with Crippen molar-refractivity contribution in [2.45, 2.75) is 37.5 Å². The molecule has 0 radical (unpaired) electrons. The van der Waals surface area contributed by atoms with Gasteiger partial charge in [-0.15, -0.1) is 0 Å². The molecule has 0 saturated heterocycles. The molecule has 0 amide bonds. The van der Waals surface area contributed by atoms with E-state index in [1.54, 1.807) is 38.1 Å². The van der Waals surface area contributed by atoms with Gasteiger partial charge in [-0.05, 0) is 95.8 Å². The first kappa shape index (κ1) is 27.7. The van der Waals surface area contributed by atoms with Gasteiger partial charge in [-0.1, -0.05) is 36.4 Å². The molecule has 0 aromatic heterocycles. The molecule has 0 atom stereocenters. The third-order valence-electron chi connectivity index (χ3n) is 5.33. The van der Waals surface area contributed by atoms with E-state index in [2.05, 4.69) is 0 Å². The van der Waals surface area contributed by atoms with Crippen molar-refractivity contribution >= 4 is 79.5 Å². The van der Waals surface area contributed by atoms with E-state index >= 15 is 0 Å². The average Bonchev–Trinajstić information content (AvgIpc) is 2.67. The van der Waals surface area contributed by atoms with Gasteiger partial charge in [-0.25, -0.2) is 16.8 Å². The van der Waals surface area contributed by atoms with Crippen LogP contribution in [0.15, 0.2) is 70.5 Å². The van der Waals surface area contributed by atoms with Crippen LogP contribution in [-0.2, 0) is 20.2 Å². The van der Waals surface area contributed by atoms with Gasteiger partial charge >= 0.3 is 37.7 Å². The molecular formula is C24H22CaO6S2. The second-order valence-corrected chi connectivity index (χ2v) is 10.4. The Bertz CT molecular complexity index is 1440. The number of hydrogen-bond acceptors (Lipinski definition) is 6. The van der Waals surface area contributed by atoms with Crippen LogP contribution in [0.25, 0.3) is 21.5 Å². The monoisotopic (exact) mass is 510 g/mol. The van der Waals surface area contributed by atoms with Crippen molar-refractivity contribution in [1.82, 2.24) is 0 Å². The Morgan fingerprint density at radius 2 is 0.879 bits per heavy atom. The predicted octanol–water partition coefficient (Wildman–Crippen LogP) is 4.34. The van der Waals surface area contributed by atoms with Crippen LogP contribution in [0.2, 0.25) is 0 Å². The zero-order valence-electron chi connectivity index (χ0n) is 18.7. The van der Waals surface area contributed by atoms with Gasteiger partial charge in [0.1, 0.15) is 20.2 Å². The normalized spacial score (nSPS) is 11.6. The summed E-state index contributed by atoms with van der Waals surface area (Å²) in [5.41, 5.74) is 3.12. The van der Waals surface area contributed by atoms with Crippen LogP contribution < -0.4 is 0 Å². The largest absolute Gasteiger partial charge is 2.00 e. The first-order chi connectivity index (χ1) is 14.8. The molecule has 0 aliphatic heterocycles. The van der Waals surface area contributed by atoms with E-state index in [1.165, 1.54) is 12.1 Å². The van der Waals surface area contributed by atoms with E-state index in [0.717, 1.165) is 32.7 Å². The Hall–Kier alpha value is -1.52. The first-order valence-corrected chi connectivity index (χ1v) is 12.5. The maximum Gasteiger partial charge on any atom is 2.00 e. The molecular weight excluding hydrogens is 488 g/mol. The summed E-state index contributed by atoms with van der Waals surface area (Å²) in [5, 5.41) is 3.51. The van der Waals surface area contributed by atoms with E-state index < -0.39 is 20.2 Å². The summed E-state index contributed by atoms with van der Waals surface area (Å²) < 4.78 is 66.2. The van der Waals surface area contributed by atoms with Gasteiger partial charge in [-0.3, -0.25) is 0 Å². The summed E-state index contributed by atoms with van der Waals surface area (Å²) in [5.74, 6) is 0. The number of hydrogen-bond donors (Lipinski definition) is 0. The van der Waals surface area contributed by atoms with Gasteiger partial charge in [-0.2, -0.15) is 0 Å². The fourth-order valence-electron chi connectivity index (χ4n) is 3.68. The minimum absolute atomic E-state index is 0. The molecule has 0 spiro atoms. The second kappa shape index (κ2) is 10.4. The van der Waals surface area contributed by atoms with Crippen LogP contribution in [0.4, 0.5) is 0 Å². The molecule has 0 saturated carbocycles. The standard InChI is InChI=1S/2C12H12O3S.Ca/c2*1-8-4-3-5-10-7-12(16(13,14)15)9(2)6-11(8)10;/h2*3-7H,1-2H3,(H,13,14,15);/q;;+2/p-2. The summed E-state index contributed by atoms with van der Waals surface area (Å²) >= 11 is 0. The zero-order valence-corrected chi connectivity index (χ0v) is 22.6. The Balaban J connectivity index is 0.000000227. The molecule has 4 aromatic carbocycles. The predicted molar refractivity (Wildman–Crippen MR) is 129 cm³/mol. The van der Waals surface area contributed by atoms with Gasteiger partial charge < -0.3 is 9.11 Å². The number of fused-ring (bicyclic) bond motifs is 2. The molecule has 4 aromatic rings. The quantitative estimate of drug-likeness (QED) is 0.293. The van der Waals surface area contributed by atoms with Crippen molar-refractivity contribution in [3.05, 3.63) is 82.9 Å². The van der Waals surface area contributed by atoms with Gasteiger partial charge in [0.25, 0.3) is 0 Å². The molecule has 4 rings (SSSR count). The smallest absolute Gasteiger partial charge is 0.744 e. The van der Waals surface area contributed by atoms with Crippen molar-refractivity contribution in [3.63, 3.8) is 0 Å². The number of aryl methyl sites for hydroxylation is 4. The molecule has 0 bridgehead atoms. The second-order valence-electron chi connectivity index (χ2n) is 7.74. The minimum atomic E-state index is -4.39. The Morgan fingerprint density at radius 1 is 0.545 bits per heavy atom. The zero-order chi connectivity index (χ0) is 23.8. The van der Waals surface area contributed by atoms with E-state index in [4.69, 9.17) is 0 Å². The topological polar surface area (TPSA) is 114 Å². The van der Waals surface area contributed by atoms with Crippen molar-refractivity contribution < 1.29 is 25.9 Å². The van der Waals surface area contributed by atoms with E-state index in [-0.39, 0.29) is 47.5 Å². The van der Waals surface area contributed by atoms with Crippen molar-refractivity contribution in [2.75, 3.05) is 0 Å². The summed E-state index contributed by atoms with van der Waals surface area (Å²) in [6.45, 7) is 7.17. The summed E-state index contributed by atoms with van der Waals surface area (Å²) in [4.78, 5) is -0.267. The van der Waals surface area contributed by atoms with Crippen LogP contribution in [-0.4, -0.2) is 63.7 Å². The SMILES string of the molecule is Cc1cc2c(C)cccc2cc1S(=O)(=O)[O-].Cc1cc2c(C)cccc2cc1S(=O)(=O)[O-].[Ca+2]. The first-order valence-electron chi connectivity index (χ1n) is 9.71. The van der Waals surface area contributed by atoms with Crippen molar-refractivity contribution in [2.24, 2.45) is 0 Å². The molecule has 0 aliphatic carbocycles. The maximum atomic E-state index is 11.0. The van der Waals surface area contributed by atoms with Crippen molar-refractivity contribution in [3.8, 4) is 0 Å². The summed E-state index contributed by atoms with van der Waals surface area (Å²) in [7, 11) is -8.78. The molecule has 0 N–H and O–H groups in total. The summed E-state index contributed by atoms with van der Waals surface area (Å²) in [6, 6.07) is 17.6. The number of rotatable bonds is 2. The van der Waals surface area contributed by atoms with Gasteiger partial charge in [0, 0.05) is 0 Å². The van der Waals surface area contributed by atoms with Crippen LogP contribution in [0, 0.1) is 27.7 Å². The van der Waals surface area contributed by atoms with E-state index in [9.17, 15) is 25.9 Å². The molecule has 33 heavy (non-hydrogen) atoms. The van der Waals surface area contributed by atoms with E-state index in [1.807, 2.05) is 38.1 Å². The van der Waals surface area contributed by atoms with Crippen LogP contribution in [0.3, 0.4) is 0 Å². The minimum Gasteiger partial charge on any atom is -0.744 e. The van der Waals surface area contributed by atoms with Crippen LogP contribution in [0.1, 0.15) is 22.3 Å². The van der Waals surface area contributed by atoms with Crippen molar-refractivity contribution in [1.29, 1.82) is 0 Å². The van der Waals surface area contributed by atoms with Crippen LogP contribution in [0.5, 0.6) is 0 Å². The molecule has 0 fully saturated rings. The average molecular weight is 511 g/mol. The van der Waals surface area contributed by atoms with Gasteiger partial charge in [0.05, 0.1) is 9.79 Å². The Labute approximate surface area is 224 Å². The molecule has 6 nitrogen and oxygen atoms in total. The Kier molecular flexibility index (Phi) is 8.73. The third-order valence-corrected chi connectivity index (χ3v) is 7.28. The fourth-order valence-corrected chi connectivity index (χ4v) is 5.13. The third kappa shape index (κ3) is 6.33. The Morgan fingerprint density at radius 3 is 1.18 bits per heavy atom. The maximum absolute atomic E-state index is 11.0. The van der Waals surface area contributed by atoms with Gasteiger partial charge in [0.15, 0.2) is 0 Å². The molecule has 0 unspecified atom stereocenters. The molecule has 0 aliphatic rings. The number of benzene rings is 4. The fraction of sp³-hybridized carbons (Fsp3) is 0.167. The molecule has 0 heterocycles. The molecule has 168 valence electrons. The van der Waals surface area contributed by atoms with Gasteiger partial charge in [0.2, 0.25) is 0 Å². The van der Waals surface area contributed by atoms with Crippen LogP contribution >= 0.6 is 0 Å². The van der Waals surface area contributed by atoms with E-state index in [0.29, 0.717) is 11.1 Å².